The fourth-order valence-electron chi connectivity index (χ4n) is 4.81. The molecule has 1 unspecified atom stereocenters. The minimum Gasteiger partial charge on any atom is -0.372 e. The second-order valence-electron chi connectivity index (χ2n) is 8.40. The van der Waals surface area contributed by atoms with Gasteiger partial charge in [-0.3, -0.25) is 9.80 Å². The largest absolute Gasteiger partial charge is 0.372 e. The molecule has 7 nitrogen and oxygen atoms in total. The van der Waals surface area contributed by atoms with E-state index in [0.717, 1.165) is 37.9 Å². The summed E-state index contributed by atoms with van der Waals surface area (Å²) in [4.78, 5) is 12.2. The molecule has 1 aromatic rings. The van der Waals surface area contributed by atoms with E-state index in [4.69, 9.17) is 0 Å². The van der Waals surface area contributed by atoms with Crippen molar-refractivity contribution in [3.8, 4) is 0 Å². The highest BCUT2D eigenvalue weighted by Gasteiger charge is 2.31. The summed E-state index contributed by atoms with van der Waals surface area (Å²) in [7, 11) is 0. The van der Waals surface area contributed by atoms with Crippen LogP contribution < -0.4 is 4.90 Å². The number of fused-ring (bicyclic) bond motifs is 3. The van der Waals surface area contributed by atoms with Gasteiger partial charge in [-0.1, -0.05) is 0 Å². The summed E-state index contributed by atoms with van der Waals surface area (Å²) < 4.78 is 0. The first-order chi connectivity index (χ1) is 14.7. The second-order valence-corrected chi connectivity index (χ2v) is 8.40. The Kier molecular flexibility index (Phi) is 6.89. The number of benzene rings is 1. The van der Waals surface area contributed by atoms with Gasteiger partial charge < -0.3 is 14.7 Å². The molecule has 3 fully saturated rings. The van der Waals surface area contributed by atoms with Gasteiger partial charge in [0, 0.05) is 83.0 Å². The van der Waals surface area contributed by atoms with Crippen molar-refractivity contribution in [1.29, 1.82) is 0 Å². The normalized spacial score (nSPS) is 26.3. The minimum atomic E-state index is -0.0246. The van der Waals surface area contributed by atoms with E-state index in [2.05, 4.69) is 92.2 Å². The molecule has 0 radical (unpaired) electrons. The van der Waals surface area contributed by atoms with Crippen LogP contribution in [-0.4, -0.2) is 90.8 Å². The molecule has 4 aliphatic heterocycles. The van der Waals surface area contributed by atoms with Crippen molar-refractivity contribution in [1.82, 2.24) is 19.6 Å². The monoisotopic (exact) mass is 411 g/mol. The molecule has 2 bridgehead atoms. The predicted molar refractivity (Wildman–Crippen MR) is 123 cm³/mol. The van der Waals surface area contributed by atoms with E-state index in [9.17, 15) is 0 Å². The fourth-order valence-corrected chi connectivity index (χ4v) is 4.81. The zero-order valence-electron chi connectivity index (χ0n) is 18.8. The summed E-state index contributed by atoms with van der Waals surface area (Å²) in [5.74, 6) is 0. The molecule has 4 heterocycles. The number of anilines is 1. The lowest BCUT2D eigenvalue weighted by Gasteiger charge is -2.48. The average molecular weight is 412 g/mol. The molecule has 0 aromatic heterocycles. The molecule has 1 aromatic carbocycles. The van der Waals surface area contributed by atoms with Gasteiger partial charge in [0.05, 0.1) is 5.69 Å². The smallest absolute Gasteiger partial charge is 0.218 e. The molecule has 5 rings (SSSR count). The van der Waals surface area contributed by atoms with Crippen molar-refractivity contribution in [2.75, 3.05) is 63.8 Å². The number of nitrogens with zero attached hydrogens (tertiary/aromatic N) is 7. The maximum Gasteiger partial charge on any atom is 0.218 e. The van der Waals surface area contributed by atoms with Gasteiger partial charge in [0.1, 0.15) is 0 Å². The van der Waals surface area contributed by atoms with Crippen molar-refractivity contribution in [2.45, 2.75) is 39.5 Å². The lowest BCUT2D eigenvalue weighted by atomic mass is 10.0. The molecular formula is C23H37N7. The highest BCUT2D eigenvalue weighted by molar-refractivity contribution is 5.52. The highest BCUT2D eigenvalue weighted by atomic mass is 15.5. The molecule has 0 amide bonds. The van der Waals surface area contributed by atoms with Gasteiger partial charge in [-0.15, -0.1) is 5.11 Å². The minimum absolute atomic E-state index is 0.0246. The van der Waals surface area contributed by atoms with Crippen molar-refractivity contribution >= 4 is 11.4 Å². The molecule has 0 saturated carbocycles. The maximum atomic E-state index is 4.60. The molecule has 0 aliphatic carbocycles. The Morgan fingerprint density at radius 3 is 2.13 bits per heavy atom. The Morgan fingerprint density at radius 1 is 0.933 bits per heavy atom. The van der Waals surface area contributed by atoms with Crippen LogP contribution in [0.15, 0.2) is 46.9 Å². The van der Waals surface area contributed by atoms with Crippen LogP contribution in [0.25, 0.3) is 0 Å². The Balaban J connectivity index is 1.33. The Labute approximate surface area is 181 Å². The summed E-state index contributed by atoms with van der Waals surface area (Å²) in [5, 5.41) is 9.13. The van der Waals surface area contributed by atoms with Gasteiger partial charge >= 0.3 is 0 Å². The third-order valence-corrected chi connectivity index (χ3v) is 6.77. The molecule has 3 saturated heterocycles. The van der Waals surface area contributed by atoms with E-state index >= 15 is 0 Å². The van der Waals surface area contributed by atoms with E-state index < -0.39 is 0 Å². The van der Waals surface area contributed by atoms with Crippen molar-refractivity contribution in [2.24, 2.45) is 10.2 Å². The number of rotatable bonds is 9. The van der Waals surface area contributed by atoms with Gasteiger partial charge in [0.2, 0.25) is 6.29 Å². The zero-order chi connectivity index (χ0) is 20.9. The van der Waals surface area contributed by atoms with E-state index in [-0.39, 0.29) is 6.29 Å². The Bertz CT molecular complexity index is 710. The van der Waals surface area contributed by atoms with Crippen LogP contribution in [-0.2, 0) is 0 Å². The number of piperazine rings is 3. The first kappa shape index (κ1) is 21.1. The lowest BCUT2D eigenvalue weighted by Crippen LogP contribution is -2.61. The van der Waals surface area contributed by atoms with Crippen LogP contribution in [0, 0.1) is 0 Å². The molecule has 164 valence electrons. The van der Waals surface area contributed by atoms with Crippen molar-refractivity contribution in [3.05, 3.63) is 36.7 Å². The molecule has 30 heavy (non-hydrogen) atoms. The van der Waals surface area contributed by atoms with Crippen LogP contribution in [0.1, 0.15) is 27.2 Å². The van der Waals surface area contributed by atoms with Gasteiger partial charge in [0.15, 0.2) is 0 Å². The number of hydrogen-bond acceptors (Lipinski definition) is 7. The van der Waals surface area contributed by atoms with E-state index in [1.165, 1.54) is 44.8 Å². The molecule has 0 spiro atoms. The molecule has 0 N–H and O–H groups in total. The molecule has 7 heteroatoms. The zero-order valence-corrected chi connectivity index (χ0v) is 18.8. The number of hydrogen-bond donors (Lipinski definition) is 0. The average Bonchev–Trinajstić information content (AvgIpc) is 3.21. The van der Waals surface area contributed by atoms with Crippen molar-refractivity contribution in [3.63, 3.8) is 0 Å². The molecule has 4 aliphatic rings. The van der Waals surface area contributed by atoms with Crippen LogP contribution in [0.5, 0.6) is 0 Å². The van der Waals surface area contributed by atoms with Crippen LogP contribution in [0.4, 0.5) is 11.4 Å². The lowest BCUT2D eigenvalue weighted by molar-refractivity contribution is 0.0107. The van der Waals surface area contributed by atoms with Crippen LogP contribution in [0.2, 0.25) is 0 Å². The SMILES string of the molecule is CCN(CCC1CN2CCN1CC2)c1ccc(N=NC2N(CC)C=CN2CC)cc1. The fraction of sp³-hybridized carbons (Fsp3) is 0.652. The summed E-state index contributed by atoms with van der Waals surface area (Å²) in [6.45, 7) is 16.8. The summed E-state index contributed by atoms with van der Waals surface area (Å²) >= 11 is 0. The van der Waals surface area contributed by atoms with E-state index in [1.807, 2.05) is 0 Å². The van der Waals surface area contributed by atoms with Gasteiger partial charge in [0.25, 0.3) is 0 Å². The molecular weight excluding hydrogens is 374 g/mol. The summed E-state index contributed by atoms with van der Waals surface area (Å²) in [5.41, 5.74) is 2.19. The quantitative estimate of drug-likeness (QED) is 0.583. The van der Waals surface area contributed by atoms with Crippen molar-refractivity contribution < 1.29 is 0 Å². The van der Waals surface area contributed by atoms with Gasteiger partial charge in [-0.25, -0.2) is 0 Å². The Hall–Kier alpha value is -2.12. The topological polar surface area (TPSA) is 40.9 Å². The van der Waals surface area contributed by atoms with Gasteiger partial charge in [-0.2, -0.15) is 5.11 Å². The number of azo groups is 1. The third-order valence-electron chi connectivity index (χ3n) is 6.77. The molecule has 1 atom stereocenters. The van der Waals surface area contributed by atoms with Crippen LogP contribution >= 0.6 is 0 Å². The third kappa shape index (κ3) is 4.62. The highest BCUT2D eigenvalue weighted by Crippen LogP contribution is 2.24. The summed E-state index contributed by atoms with van der Waals surface area (Å²) in [6.07, 6.45) is 5.41. The van der Waals surface area contributed by atoms with E-state index in [0.29, 0.717) is 0 Å². The van der Waals surface area contributed by atoms with Gasteiger partial charge in [-0.05, 0) is 51.5 Å². The summed E-state index contributed by atoms with van der Waals surface area (Å²) in [6, 6.07) is 9.29. The maximum absolute atomic E-state index is 4.60. The second kappa shape index (κ2) is 9.79. The standard InChI is InChI=1S/C23H37N7/c1-4-27(12-11-22-19-26-13-15-30(22)16-14-26)21-9-7-20(8-10-21)24-25-23-28(5-2)17-18-29(23)6-3/h7-10,17-18,22-23H,4-6,11-16,19H2,1-3H3. The predicted octanol–water partition coefficient (Wildman–Crippen LogP) is 3.40. The first-order valence-electron chi connectivity index (χ1n) is 11.6. The van der Waals surface area contributed by atoms with E-state index in [1.54, 1.807) is 0 Å². The van der Waals surface area contributed by atoms with Crippen LogP contribution in [0.3, 0.4) is 0 Å². The first-order valence-corrected chi connectivity index (χ1v) is 11.6. The Morgan fingerprint density at radius 2 is 1.60 bits per heavy atom.